The van der Waals surface area contributed by atoms with Gasteiger partial charge in [0.25, 0.3) is 5.91 Å². The average molecular weight is 513 g/mol. The Morgan fingerprint density at radius 1 is 1.18 bits per heavy atom. The summed E-state index contributed by atoms with van der Waals surface area (Å²) in [4.78, 5) is 24.3. The van der Waals surface area contributed by atoms with E-state index in [9.17, 15) is 9.90 Å². The van der Waals surface area contributed by atoms with Gasteiger partial charge < -0.3 is 19.7 Å². The minimum Gasteiger partial charge on any atom is -0.508 e. The van der Waals surface area contributed by atoms with Crippen molar-refractivity contribution >= 4 is 16.8 Å². The Labute approximate surface area is 224 Å². The van der Waals surface area contributed by atoms with Gasteiger partial charge in [-0.2, -0.15) is 0 Å². The molecule has 7 nitrogen and oxygen atoms in total. The Morgan fingerprint density at radius 2 is 2.05 bits per heavy atom. The van der Waals surface area contributed by atoms with Crippen LogP contribution in [0.15, 0.2) is 67.0 Å². The summed E-state index contributed by atoms with van der Waals surface area (Å²) >= 11 is 0. The molecule has 1 aromatic heterocycles. The molecule has 0 unspecified atom stereocenters. The molecule has 3 aromatic rings. The number of rotatable bonds is 7. The topological polar surface area (TPSA) is 72.0 Å². The predicted octanol–water partition coefficient (Wildman–Crippen LogP) is 4.94. The molecule has 198 valence electrons. The first-order valence-electron chi connectivity index (χ1n) is 13.6. The van der Waals surface area contributed by atoms with Crippen molar-refractivity contribution in [2.75, 3.05) is 32.8 Å². The number of aromatic hydroxyl groups is 1. The Balaban J connectivity index is 1.39. The molecular weight excluding hydrogens is 476 g/mol. The molecule has 2 aromatic carbocycles. The van der Waals surface area contributed by atoms with Crippen molar-refractivity contribution < 1.29 is 14.6 Å². The highest BCUT2D eigenvalue weighted by atomic mass is 16.5. The third-order valence-electron chi connectivity index (χ3n) is 8.29. The van der Waals surface area contributed by atoms with E-state index >= 15 is 0 Å². The molecule has 7 heteroatoms. The van der Waals surface area contributed by atoms with E-state index in [-0.39, 0.29) is 17.7 Å². The SMILES string of the molecule is C=C1N(CCCN2CC=CCC2)C(=O)[C@]2(C)Cc3c([nH]c4ccc(OCC)cc34)[C@@H](c3cccc(O)c3)N12. The molecule has 2 atom stereocenters. The van der Waals surface area contributed by atoms with Crippen LogP contribution in [0.4, 0.5) is 0 Å². The number of nitrogens with zero attached hydrogens (tertiary/aromatic N) is 3. The third-order valence-corrected chi connectivity index (χ3v) is 8.29. The molecule has 2 N–H and O–H groups in total. The minimum absolute atomic E-state index is 0.0900. The Hall–Kier alpha value is -3.71. The van der Waals surface area contributed by atoms with Crippen molar-refractivity contribution in [1.82, 2.24) is 19.7 Å². The Kier molecular flexibility index (Phi) is 6.19. The number of aromatic amines is 1. The summed E-state index contributed by atoms with van der Waals surface area (Å²) in [5, 5.41) is 11.5. The zero-order valence-electron chi connectivity index (χ0n) is 22.2. The summed E-state index contributed by atoms with van der Waals surface area (Å²) in [5.74, 6) is 1.84. The van der Waals surface area contributed by atoms with Gasteiger partial charge >= 0.3 is 0 Å². The quantitative estimate of drug-likeness (QED) is 0.439. The summed E-state index contributed by atoms with van der Waals surface area (Å²) in [7, 11) is 0. The number of fused-ring (bicyclic) bond motifs is 4. The van der Waals surface area contributed by atoms with Gasteiger partial charge in [0.15, 0.2) is 0 Å². The lowest BCUT2D eigenvalue weighted by molar-refractivity contribution is -0.133. The van der Waals surface area contributed by atoms with Gasteiger partial charge in [0.1, 0.15) is 22.9 Å². The molecule has 1 saturated heterocycles. The highest BCUT2D eigenvalue weighted by molar-refractivity contribution is 5.94. The van der Waals surface area contributed by atoms with Crippen molar-refractivity contribution in [1.29, 1.82) is 0 Å². The molecular formula is C31H36N4O3. The van der Waals surface area contributed by atoms with E-state index < -0.39 is 5.54 Å². The molecule has 4 heterocycles. The van der Waals surface area contributed by atoms with Crippen LogP contribution in [0.3, 0.4) is 0 Å². The summed E-state index contributed by atoms with van der Waals surface area (Å²) in [6, 6.07) is 13.2. The number of H-pyrrole nitrogens is 1. The fourth-order valence-electron chi connectivity index (χ4n) is 6.51. The normalized spacial score (nSPS) is 23.3. The van der Waals surface area contributed by atoms with Crippen molar-refractivity contribution in [2.24, 2.45) is 0 Å². The second-order valence-corrected chi connectivity index (χ2v) is 10.8. The number of nitrogens with one attached hydrogen (secondary N) is 1. The molecule has 0 spiro atoms. The van der Waals surface area contributed by atoms with E-state index in [1.807, 2.05) is 43.0 Å². The van der Waals surface area contributed by atoms with E-state index in [4.69, 9.17) is 4.74 Å². The summed E-state index contributed by atoms with van der Waals surface area (Å²) in [6.07, 6.45) is 7.01. The van der Waals surface area contributed by atoms with Crippen molar-refractivity contribution in [3.05, 3.63) is 83.8 Å². The summed E-state index contributed by atoms with van der Waals surface area (Å²) < 4.78 is 5.81. The van der Waals surface area contributed by atoms with Crippen LogP contribution in [0.2, 0.25) is 0 Å². The number of ether oxygens (including phenoxy) is 1. The van der Waals surface area contributed by atoms with E-state index in [0.29, 0.717) is 19.6 Å². The molecule has 6 rings (SSSR count). The lowest BCUT2D eigenvalue weighted by Crippen LogP contribution is -2.52. The lowest BCUT2D eigenvalue weighted by Gasteiger charge is -2.44. The Bertz CT molecular complexity index is 1430. The monoisotopic (exact) mass is 512 g/mol. The standard InChI is InChI=1S/C31H36N4O3/c1-4-38-24-12-13-27-25(19-24)26-20-31(3)30(37)34(17-9-16-33-14-6-5-7-15-33)21(2)35(31)29(28(26)32-27)22-10-8-11-23(36)18-22/h5-6,8,10-13,18-19,29,32,36H,2,4,7,9,14-17,20H2,1,3H3/t29-,31+/m1/s1. The molecule has 0 saturated carbocycles. The van der Waals surface area contributed by atoms with Gasteiger partial charge in [-0.15, -0.1) is 0 Å². The summed E-state index contributed by atoms with van der Waals surface area (Å²) in [6.45, 7) is 12.7. The van der Waals surface area contributed by atoms with Crippen LogP contribution < -0.4 is 4.74 Å². The van der Waals surface area contributed by atoms with Crippen LogP contribution in [0, 0.1) is 0 Å². The number of benzene rings is 2. The number of hydrogen-bond donors (Lipinski definition) is 2. The first kappa shape index (κ1) is 24.6. The second-order valence-electron chi connectivity index (χ2n) is 10.8. The fourth-order valence-corrected chi connectivity index (χ4v) is 6.51. The molecule has 0 bridgehead atoms. The first-order chi connectivity index (χ1) is 18.4. The minimum atomic E-state index is -0.787. The number of phenolic OH excluding ortho intramolecular Hbond substituents is 1. The zero-order valence-corrected chi connectivity index (χ0v) is 22.2. The Morgan fingerprint density at radius 3 is 2.82 bits per heavy atom. The average Bonchev–Trinajstić information content (AvgIpc) is 3.35. The maximum Gasteiger partial charge on any atom is 0.254 e. The lowest BCUT2D eigenvalue weighted by atomic mass is 9.81. The van der Waals surface area contributed by atoms with Gasteiger partial charge in [-0.05, 0) is 68.1 Å². The summed E-state index contributed by atoms with van der Waals surface area (Å²) in [5.41, 5.74) is 3.30. The zero-order chi connectivity index (χ0) is 26.4. The highest BCUT2D eigenvalue weighted by Gasteiger charge is 2.57. The molecule has 0 radical (unpaired) electrons. The van der Waals surface area contributed by atoms with E-state index in [0.717, 1.165) is 71.8 Å². The molecule has 38 heavy (non-hydrogen) atoms. The van der Waals surface area contributed by atoms with Gasteiger partial charge in [0.2, 0.25) is 0 Å². The van der Waals surface area contributed by atoms with Crippen LogP contribution in [0.25, 0.3) is 10.9 Å². The van der Waals surface area contributed by atoms with Crippen LogP contribution in [0.5, 0.6) is 11.5 Å². The molecule has 1 amide bonds. The van der Waals surface area contributed by atoms with Gasteiger partial charge in [0, 0.05) is 49.2 Å². The maximum atomic E-state index is 14.1. The second kappa shape index (κ2) is 9.55. The van der Waals surface area contributed by atoms with Crippen LogP contribution in [-0.4, -0.2) is 69.0 Å². The van der Waals surface area contributed by atoms with Crippen molar-refractivity contribution in [3.8, 4) is 11.5 Å². The van der Waals surface area contributed by atoms with Crippen LogP contribution in [0.1, 0.15) is 49.6 Å². The third kappa shape index (κ3) is 3.97. The smallest absolute Gasteiger partial charge is 0.254 e. The van der Waals surface area contributed by atoms with E-state index in [1.165, 1.54) is 0 Å². The molecule has 3 aliphatic rings. The number of carbonyl (C=O) groups is 1. The van der Waals surface area contributed by atoms with E-state index in [2.05, 4.69) is 39.6 Å². The highest BCUT2D eigenvalue weighted by Crippen LogP contribution is 2.51. The van der Waals surface area contributed by atoms with Crippen molar-refractivity contribution in [3.63, 3.8) is 0 Å². The maximum absolute atomic E-state index is 14.1. The predicted molar refractivity (Wildman–Crippen MR) is 149 cm³/mol. The van der Waals surface area contributed by atoms with E-state index in [1.54, 1.807) is 12.1 Å². The van der Waals surface area contributed by atoms with Gasteiger partial charge in [-0.3, -0.25) is 14.6 Å². The van der Waals surface area contributed by atoms with Gasteiger partial charge in [-0.1, -0.05) is 30.9 Å². The molecule has 3 aliphatic heterocycles. The first-order valence-corrected chi connectivity index (χ1v) is 13.6. The van der Waals surface area contributed by atoms with Gasteiger partial charge in [0.05, 0.1) is 12.6 Å². The largest absolute Gasteiger partial charge is 0.508 e. The van der Waals surface area contributed by atoms with Gasteiger partial charge in [-0.25, -0.2) is 0 Å². The molecule has 0 aliphatic carbocycles. The van der Waals surface area contributed by atoms with Crippen LogP contribution >= 0.6 is 0 Å². The number of amides is 1. The number of hydrogen-bond acceptors (Lipinski definition) is 5. The van der Waals surface area contributed by atoms with Crippen molar-refractivity contribution in [2.45, 2.75) is 44.7 Å². The van der Waals surface area contributed by atoms with Crippen LogP contribution in [-0.2, 0) is 11.2 Å². The fraction of sp³-hybridized carbons (Fsp3) is 0.387. The number of carbonyl (C=O) groups excluding carboxylic acids is 1. The number of aromatic nitrogens is 1. The molecule has 1 fully saturated rings. The number of phenols is 1.